The quantitative estimate of drug-likeness (QED) is 0.256. The van der Waals surface area contributed by atoms with Crippen LogP contribution in [0.5, 0.6) is 0 Å². The fourth-order valence-corrected chi connectivity index (χ4v) is 9.23. The summed E-state index contributed by atoms with van der Waals surface area (Å²) in [4.78, 5) is 20.4. The maximum Gasteiger partial charge on any atom is 0.281 e. The molecule has 1 aliphatic heterocycles. The molecule has 2 aromatic heterocycles. The first-order valence-corrected chi connectivity index (χ1v) is 18.6. The topological polar surface area (TPSA) is 160 Å². The number of hydrogen-bond donors (Lipinski definition) is 2. The highest BCUT2D eigenvalue weighted by molar-refractivity contribution is 7.89. The van der Waals surface area contributed by atoms with Crippen molar-refractivity contribution in [2.75, 3.05) is 13.1 Å². The van der Waals surface area contributed by atoms with Gasteiger partial charge in [0.15, 0.2) is 11.2 Å². The molecule has 0 bridgehead atoms. The Morgan fingerprint density at radius 3 is 2.22 bits per heavy atom. The van der Waals surface area contributed by atoms with Crippen molar-refractivity contribution in [2.45, 2.75) is 79.7 Å². The van der Waals surface area contributed by atoms with E-state index in [1.165, 1.54) is 33.3 Å². The van der Waals surface area contributed by atoms with Gasteiger partial charge >= 0.3 is 0 Å². The number of sulfonamides is 2. The van der Waals surface area contributed by atoms with Crippen LogP contribution in [0.15, 0.2) is 57.1 Å². The molecule has 45 heavy (non-hydrogen) atoms. The Bertz CT molecular complexity index is 1970. The van der Waals surface area contributed by atoms with Gasteiger partial charge in [-0.05, 0) is 67.6 Å². The lowest BCUT2D eigenvalue weighted by Crippen LogP contribution is -2.38. The third-order valence-corrected chi connectivity index (χ3v) is 12.6. The number of piperidine rings is 1. The first-order valence-electron chi connectivity index (χ1n) is 14.9. The van der Waals surface area contributed by atoms with Crippen LogP contribution >= 0.6 is 23.2 Å². The molecule has 1 saturated carbocycles. The molecule has 12 nitrogen and oxygen atoms in total. The Kier molecular flexibility index (Phi) is 9.33. The SMILES string of the molecule is O=c1[nH]c(C2CCN(S(=O)(=O)c3ccc(S(=O)(=O)NC4CCCCCC4)cc3)CC2)nc2c1nnn2Cc1ccc(Cl)cc1Cl. The number of halogens is 2. The van der Waals surface area contributed by atoms with Gasteiger partial charge in [0, 0.05) is 35.1 Å². The van der Waals surface area contributed by atoms with Gasteiger partial charge in [-0.1, -0.05) is 60.2 Å². The number of nitrogens with zero attached hydrogens (tertiary/aromatic N) is 5. The van der Waals surface area contributed by atoms with Gasteiger partial charge in [0.05, 0.1) is 16.3 Å². The number of benzene rings is 2. The Morgan fingerprint density at radius 1 is 0.889 bits per heavy atom. The Balaban J connectivity index is 1.14. The molecule has 0 radical (unpaired) electrons. The van der Waals surface area contributed by atoms with Crippen molar-refractivity contribution in [3.63, 3.8) is 0 Å². The molecule has 2 N–H and O–H groups in total. The van der Waals surface area contributed by atoms with E-state index in [9.17, 15) is 21.6 Å². The lowest BCUT2D eigenvalue weighted by Gasteiger charge is -2.30. The second-order valence-electron chi connectivity index (χ2n) is 11.6. The lowest BCUT2D eigenvalue weighted by molar-refractivity contribution is 0.313. The van der Waals surface area contributed by atoms with Gasteiger partial charge in [0.1, 0.15) is 5.82 Å². The molecule has 1 saturated heterocycles. The van der Waals surface area contributed by atoms with E-state index in [4.69, 9.17) is 23.2 Å². The van der Waals surface area contributed by atoms with Gasteiger partial charge in [-0.2, -0.15) is 4.31 Å². The number of aromatic amines is 1. The normalized spacial score (nSPS) is 17.9. The first-order chi connectivity index (χ1) is 21.5. The predicted molar refractivity (Wildman–Crippen MR) is 170 cm³/mol. The number of fused-ring (bicyclic) bond motifs is 1. The molecule has 6 rings (SSSR count). The molecule has 2 fully saturated rings. The molecule has 0 amide bonds. The lowest BCUT2D eigenvalue weighted by atomic mass is 9.97. The van der Waals surface area contributed by atoms with Gasteiger partial charge in [-0.15, -0.1) is 5.10 Å². The van der Waals surface area contributed by atoms with E-state index in [1.54, 1.807) is 18.2 Å². The molecule has 0 unspecified atom stereocenters. The maximum absolute atomic E-state index is 13.5. The molecule has 2 aromatic carbocycles. The molecule has 240 valence electrons. The zero-order valence-electron chi connectivity index (χ0n) is 24.3. The van der Waals surface area contributed by atoms with Gasteiger partial charge < -0.3 is 4.98 Å². The number of hydrogen-bond acceptors (Lipinski definition) is 8. The summed E-state index contributed by atoms with van der Waals surface area (Å²) in [5.41, 5.74) is 0.704. The third-order valence-electron chi connectivity index (χ3n) is 8.52. The maximum atomic E-state index is 13.5. The van der Waals surface area contributed by atoms with Crippen LogP contribution in [0, 0.1) is 0 Å². The molecular formula is C29H33Cl2N7O5S2. The second kappa shape index (κ2) is 13.1. The Labute approximate surface area is 271 Å². The Morgan fingerprint density at radius 2 is 1.56 bits per heavy atom. The number of H-pyrrole nitrogens is 1. The van der Waals surface area contributed by atoms with E-state index in [0.717, 1.165) is 44.1 Å². The smallest absolute Gasteiger partial charge is 0.281 e. The summed E-state index contributed by atoms with van der Waals surface area (Å²) >= 11 is 12.3. The van der Waals surface area contributed by atoms with Crippen LogP contribution in [0.25, 0.3) is 11.2 Å². The molecule has 0 atom stereocenters. The average molecular weight is 695 g/mol. The summed E-state index contributed by atoms with van der Waals surface area (Å²) < 4.78 is 58.5. The van der Waals surface area contributed by atoms with Crippen molar-refractivity contribution in [2.24, 2.45) is 0 Å². The summed E-state index contributed by atoms with van der Waals surface area (Å²) in [6.45, 7) is 0.641. The fraction of sp³-hybridized carbons (Fsp3) is 0.448. The van der Waals surface area contributed by atoms with Crippen LogP contribution in [-0.4, -0.2) is 65.2 Å². The van der Waals surface area contributed by atoms with E-state index >= 15 is 0 Å². The summed E-state index contributed by atoms with van der Waals surface area (Å²) in [7, 11) is -7.62. The summed E-state index contributed by atoms with van der Waals surface area (Å²) in [6.07, 6.45) is 6.65. The van der Waals surface area contributed by atoms with Crippen molar-refractivity contribution in [3.05, 3.63) is 74.3 Å². The molecule has 1 aliphatic carbocycles. The minimum Gasteiger partial charge on any atom is -0.308 e. The summed E-state index contributed by atoms with van der Waals surface area (Å²) in [5, 5.41) is 9.04. The number of rotatable bonds is 8. The van der Waals surface area contributed by atoms with Crippen molar-refractivity contribution in [3.8, 4) is 0 Å². The highest BCUT2D eigenvalue weighted by Crippen LogP contribution is 2.30. The molecule has 3 heterocycles. The van der Waals surface area contributed by atoms with Crippen molar-refractivity contribution >= 4 is 54.4 Å². The number of nitrogens with one attached hydrogen (secondary N) is 2. The zero-order valence-corrected chi connectivity index (χ0v) is 27.5. The van der Waals surface area contributed by atoms with Crippen LogP contribution in [0.4, 0.5) is 0 Å². The standard InChI is InChI=1S/C29H33Cl2N7O5S2/c30-21-8-7-20(25(31)17-21)18-38-28-26(34-36-38)29(39)33-27(32-28)19-13-15-37(16-14-19)45(42,43)24-11-9-23(10-12-24)44(40,41)35-22-5-3-1-2-4-6-22/h7-12,17,19,22,35H,1-6,13-16,18H2,(H,32,33,39). The highest BCUT2D eigenvalue weighted by atomic mass is 35.5. The number of aromatic nitrogens is 5. The van der Waals surface area contributed by atoms with Crippen LogP contribution in [0.2, 0.25) is 10.0 Å². The van der Waals surface area contributed by atoms with Crippen molar-refractivity contribution in [1.82, 2.24) is 34.0 Å². The average Bonchev–Trinajstić information content (AvgIpc) is 3.25. The predicted octanol–water partition coefficient (Wildman–Crippen LogP) is 4.44. The zero-order chi connectivity index (χ0) is 31.8. The molecule has 16 heteroatoms. The van der Waals surface area contributed by atoms with E-state index in [2.05, 4.69) is 25.0 Å². The van der Waals surface area contributed by atoms with Crippen molar-refractivity contribution < 1.29 is 16.8 Å². The molecule has 0 spiro atoms. The summed E-state index contributed by atoms with van der Waals surface area (Å²) in [6, 6.07) is 10.4. The van der Waals surface area contributed by atoms with Crippen LogP contribution in [0.1, 0.15) is 68.7 Å². The summed E-state index contributed by atoms with van der Waals surface area (Å²) in [5.74, 6) is 0.240. The van der Waals surface area contributed by atoms with Gasteiger partial charge in [0.2, 0.25) is 20.0 Å². The Hall–Kier alpha value is -2.88. The second-order valence-corrected chi connectivity index (χ2v) is 16.1. The van der Waals surface area contributed by atoms with Crippen molar-refractivity contribution in [1.29, 1.82) is 0 Å². The van der Waals surface area contributed by atoms with Gasteiger partial charge in [-0.3, -0.25) is 4.79 Å². The third kappa shape index (κ3) is 6.96. The highest BCUT2D eigenvalue weighted by Gasteiger charge is 2.32. The first kappa shape index (κ1) is 32.1. The fourth-order valence-electron chi connectivity index (χ4n) is 5.99. The minimum absolute atomic E-state index is 0.0261. The van der Waals surface area contributed by atoms with Gasteiger partial charge in [0.25, 0.3) is 5.56 Å². The van der Waals surface area contributed by atoms with Crippen LogP contribution < -0.4 is 10.3 Å². The molecule has 2 aliphatic rings. The van der Waals surface area contributed by atoms with Crippen LogP contribution in [-0.2, 0) is 26.6 Å². The van der Waals surface area contributed by atoms with E-state index < -0.39 is 25.6 Å². The van der Waals surface area contributed by atoms with E-state index in [1.807, 2.05) is 0 Å². The van der Waals surface area contributed by atoms with Gasteiger partial charge in [-0.25, -0.2) is 31.2 Å². The van der Waals surface area contributed by atoms with E-state index in [-0.39, 0.29) is 46.9 Å². The monoisotopic (exact) mass is 693 g/mol. The van der Waals surface area contributed by atoms with E-state index in [0.29, 0.717) is 34.4 Å². The molecular weight excluding hydrogens is 661 g/mol. The van der Waals surface area contributed by atoms with Crippen LogP contribution in [0.3, 0.4) is 0 Å². The largest absolute Gasteiger partial charge is 0.308 e. The molecule has 4 aromatic rings. The minimum atomic E-state index is -3.86.